The molecule has 0 radical (unpaired) electrons. The van der Waals surface area contributed by atoms with Gasteiger partial charge in [-0.25, -0.2) is 0 Å². The van der Waals surface area contributed by atoms with E-state index in [1.54, 1.807) is 24.9 Å². The third kappa shape index (κ3) is 5.25. The van der Waals surface area contributed by atoms with Gasteiger partial charge in [-0.1, -0.05) is 12.1 Å². The largest absolute Gasteiger partial charge is 0.573 e. The molecule has 1 unspecified atom stereocenters. The number of benzene rings is 1. The van der Waals surface area contributed by atoms with Crippen LogP contribution in [0.4, 0.5) is 13.2 Å². The predicted octanol–water partition coefficient (Wildman–Crippen LogP) is 2.52. The lowest BCUT2D eigenvalue weighted by molar-refractivity contribution is -0.274. The number of carbonyl (C=O) groups excluding carboxylic acids is 1. The van der Waals surface area contributed by atoms with Gasteiger partial charge in [-0.15, -0.1) is 23.4 Å². The van der Waals surface area contributed by atoms with Gasteiger partial charge in [-0.3, -0.25) is 4.79 Å². The molecule has 1 aromatic heterocycles. The Hall–Kier alpha value is -2.58. The number of amides is 1. The van der Waals surface area contributed by atoms with Crippen molar-refractivity contribution in [3.63, 3.8) is 0 Å². The van der Waals surface area contributed by atoms with Gasteiger partial charge in [0.2, 0.25) is 5.91 Å². The van der Waals surface area contributed by atoms with Crippen LogP contribution in [-0.2, 0) is 18.3 Å². The minimum absolute atomic E-state index is 0.180. The topological polar surface area (TPSA) is 69.0 Å². The van der Waals surface area contributed by atoms with E-state index in [0.717, 1.165) is 5.56 Å². The van der Waals surface area contributed by atoms with E-state index in [0.29, 0.717) is 12.2 Å². The molecule has 1 atom stereocenters. The quantitative estimate of drug-likeness (QED) is 0.876. The van der Waals surface area contributed by atoms with Gasteiger partial charge in [0.05, 0.1) is 6.04 Å². The Bertz CT molecular complexity index is 683. The molecule has 0 fully saturated rings. The molecular weight excluding hydrogens is 325 g/mol. The van der Waals surface area contributed by atoms with Crippen molar-refractivity contribution in [3.05, 3.63) is 42.0 Å². The van der Waals surface area contributed by atoms with Crippen molar-refractivity contribution in [1.82, 2.24) is 20.1 Å². The number of ether oxygens (including phenoxy) is 1. The zero-order valence-corrected chi connectivity index (χ0v) is 13.2. The Labute approximate surface area is 136 Å². The fourth-order valence-corrected chi connectivity index (χ4v) is 2.18. The molecule has 130 valence electrons. The molecule has 1 heterocycles. The summed E-state index contributed by atoms with van der Waals surface area (Å²) < 4.78 is 41.7. The van der Waals surface area contributed by atoms with Gasteiger partial charge in [-0.05, 0) is 31.0 Å². The van der Waals surface area contributed by atoms with Crippen LogP contribution >= 0.6 is 0 Å². The predicted molar refractivity (Wildman–Crippen MR) is 79.0 cm³/mol. The Kier molecular flexibility index (Phi) is 5.42. The fraction of sp³-hybridized carbons (Fsp3) is 0.400. The Morgan fingerprint density at radius 3 is 2.54 bits per heavy atom. The van der Waals surface area contributed by atoms with E-state index in [2.05, 4.69) is 20.3 Å². The first kappa shape index (κ1) is 17.8. The average Bonchev–Trinajstić information content (AvgIpc) is 2.91. The second-order valence-corrected chi connectivity index (χ2v) is 5.28. The molecule has 0 bridgehead atoms. The zero-order valence-electron chi connectivity index (χ0n) is 13.2. The SMILES string of the molecule is CC(NC(=O)CCc1ccc(OC(F)(F)F)cc1)c1nncn1C. The van der Waals surface area contributed by atoms with Gasteiger partial charge >= 0.3 is 6.36 Å². The molecule has 1 N–H and O–H groups in total. The summed E-state index contributed by atoms with van der Waals surface area (Å²) in [6.07, 6.45) is -2.55. The van der Waals surface area contributed by atoms with Crippen LogP contribution in [0.15, 0.2) is 30.6 Å². The molecular formula is C15H17F3N4O2. The van der Waals surface area contributed by atoms with Crippen molar-refractivity contribution >= 4 is 5.91 Å². The van der Waals surface area contributed by atoms with E-state index in [1.807, 2.05) is 0 Å². The Balaban J connectivity index is 1.82. The highest BCUT2D eigenvalue weighted by molar-refractivity contribution is 5.76. The molecule has 0 aliphatic rings. The van der Waals surface area contributed by atoms with E-state index in [9.17, 15) is 18.0 Å². The van der Waals surface area contributed by atoms with Crippen LogP contribution < -0.4 is 10.1 Å². The molecule has 2 rings (SSSR count). The van der Waals surface area contributed by atoms with Gasteiger partial charge in [0.25, 0.3) is 0 Å². The summed E-state index contributed by atoms with van der Waals surface area (Å²) >= 11 is 0. The number of aryl methyl sites for hydroxylation is 2. The minimum atomic E-state index is -4.71. The van der Waals surface area contributed by atoms with E-state index >= 15 is 0 Å². The lowest BCUT2D eigenvalue weighted by atomic mass is 10.1. The van der Waals surface area contributed by atoms with Gasteiger partial charge in [0.15, 0.2) is 5.82 Å². The van der Waals surface area contributed by atoms with E-state index in [1.165, 1.54) is 24.3 Å². The maximum atomic E-state index is 12.1. The number of hydrogen-bond acceptors (Lipinski definition) is 4. The Morgan fingerprint density at radius 2 is 2.00 bits per heavy atom. The average molecular weight is 342 g/mol. The summed E-state index contributed by atoms with van der Waals surface area (Å²) in [7, 11) is 1.78. The second kappa shape index (κ2) is 7.33. The number of nitrogens with one attached hydrogen (secondary N) is 1. The number of nitrogens with zero attached hydrogens (tertiary/aromatic N) is 3. The second-order valence-electron chi connectivity index (χ2n) is 5.28. The normalized spacial score (nSPS) is 12.7. The first-order chi connectivity index (χ1) is 11.2. The van der Waals surface area contributed by atoms with Crippen molar-refractivity contribution < 1.29 is 22.7 Å². The van der Waals surface area contributed by atoms with E-state index < -0.39 is 6.36 Å². The highest BCUT2D eigenvalue weighted by Crippen LogP contribution is 2.23. The van der Waals surface area contributed by atoms with Crippen molar-refractivity contribution in [2.75, 3.05) is 0 Å². The van der Waals surface area contributed by atoms with Crippen LogP contribution in [0.25, 0.3) is 0 Å². The van der Waals surface area contributed by atoms with Crippen LogP contribution in [-0.4, -0.2) is 27.0 Å². The van der Waals surface area contributed by atoms with Gasteiger partial charge in [0.1, 0.15) is 12.1 Å². The lowest BCUT2D eigenvalue weighted by Gasteiger charge is -2.13. The molecule has 0 saturated carbocycles. The molecule has 0 spiro atoms. The van der Waals surface area contributed by atoms with Gasteiger partial charge < -0.3 is 14.6 Å². The van der Waals surface area contributed by atoms with Crippen molar-refractivity contribution in [2.24, 2.45) is 7.05 Å². The van der Waals surface area contributed by atoms with Crippen LogP contribution in [0.5, 0.6) is 5.75 Å². The first-order valence-corrected chi connectivity index (χ1v) is 7.22. The molecule has 6 nitrogen and oxygen atoms in total. The highest BCUT2D eigenvalue weighted by Gasteiger charge is 2.30. The molecule has 2 aromatic rings. The third-order valence-electron chi connectivity index (χ3n) is 3.31. The van der Waals surface area contributed by atoms with Gasteiger partial charge in [0, 0.05) is 13.5 Å². The number of aromatic nitrogens is 3. The lowest BCUT2D eigenvalue weighted by Crippen LogP contribution is -2.28. The van der Waals surface area contributed by atoms with Crippen LogP contribution in [0.3, 0.4) is 0 Å². The number of rotatable bonds is 6. The van der Waals surface area contributed by atoms with E-state index in [4.69, 9.17) is 0 Å². The van der Waals surface area contributed by atoms with E-state index in [-0.39, 0.29) is 24.1 Å². The third-order valence-corrected chi connectivity index (χ3v) is 3.31. The van der Waals surface area contributed by atoms with Crippen molar-refractivity contribution in [2.45, 2.75) is 32.2 Å². The molecule has 1 amide bonds. The molecule has 0 aliphatic carbocycles. The first-order valence-electron chi connectivity index (χ1n) is 7.22. The maximum Gasteiger partial charge on any atom is 0.573 e. The summed E-state index contributed by atoms with van der Waals surface area (Å²) in [4.78, 5) is 11.9. The van der Waals surface area contributed by atoms with Crippen LogP contribution in [0, 0.1) is 0 Å². The van der Waals surface area contributed by atoms with Crippen LogP contribution in [0.1, 0.15) is 30.8 Å². The summed E-state index contributed by atoms with van der Waals surface area (Å²) in [5, 5.41) is 10.5. The zero-order chi connectivity index (χ0) is 17.7. The standard InChI is InChI=1S/C15H17F3N4O2/c1-10(14-21-19-9-22(14)2)20-13(23)8-5-11-3-6-12(7-4-11)24-15(16,17)18/h3-4,6-7,9-10H,5,8H2,1-2H3,(H,20,23). The molecule has 24 heavy (non-hydrogen) atoms. The Morgan fingerprint density at radius 1 is 1.33 bits per heavy atom. The van der Waals surface area contributed by atoms with Crippen LogP contribution in [0.2, 0.25) is 0 Å². The number of carbonyl (C=O) groups is 1. The summed E-state index contributed by atoms with van der Waals surface area (Å²) in [5.74, 6) is 0.171. The maximum absolute atomic E-state index is 12.1. The number of hydrogen-bond donors (Lipinski definition) is 1. The minimum Gasteiger partial charge on any atom is -0.406 e. The summed E-state index contributed by atoms with van der Waals surface area (Å²) in [5.41, 5.74) is 0.742. The molecule has 1 aromatic carbocycles. The fourth-order valence-electron chi connectivity index (χ4n) is 2.18. The summed E-state index contributed by atoms with van der Waals surface area (Å²) in [6, 6.07) is 5.17. The highest BCUT2D eigenvalue weighted by atomic mass is 19.4. The number of halogens is 3. The van der Waals surface area contributed by atoms with Gasteiger partial charge in [-0.2, -0.15) is 0 Å². The smallest absolute Gasteiger partial charge is 0.406 e. The monoisotopic (exact) mass is 342 g/mol. The molecule has 0 aliphatic heterocycles. The molecule has 9 heteroatoms. The molecule has 0 saturated heterocycles. The summed E-state index contributed by atoms with van der Waals surface area (Å²) in [6.45, 7) is 1.80. The van der Waals surface area contributed by atoms with Crippen molar-refractivity contribution in [1.29, 1.82) is 0 Å². The number of alkyl halides is 3. The van der Waals surface area contributed by atoms with Crippen molar-refractivity contribution in [3.8, 4) is 5.75 Å².